The molecule has 0 radical (unpaired) electrons. The van der Waals surface area contributed by atoms with Gasteiger partial charge in [-0.25, -0.2) is 0 Å². The van der Waals surface area contributed by atoms with E-state index in [4.69, 9.17) is 11.6 Å². The first-order valence-corrected chi connectivity index (χ1v) is 7.50. The lowest BCUT2D eigenvalue weighted by Crippen LogP contribution is -2.18. The monoisotopic (exact) mass is 312 g/mol. The highest BCUT2D eigenvalue weighted by atomic mass is 35.5. The van der Waals surface area contributed by atoms with E-state index >= 15 is 0 Å². The molecule has 0 bridgehead atoms. The molecule has 1 aromatic heterocycles. The number of nitrogens with zero attached hydrogens (tertiary/aromatic N) is 2. The normalized spacial score (nSPS) is 11.2. The Morgan fingerprint density at radius 3 is 2.73 bits per heavy atom. The number of phenolic OH excluding ortho intramolecular Hbond substituents is 1. The summed E-state index contributed by atoms with van der Waals surface area (Å²) in [6.07, 6.45) is 0. The van der Waals surface area contributed by atoms with Crippen molar-refractivity contribution in [3.8, 4) is 5.75 Å². The molecule has 0 aliphatic heterocycles. The van der Waals surface area contributed by atoms with Crippen molar-refractivity contribution in [3.63, 3.8) is 0 Å². The van der Waals surface area contributed by atoms with Crippen LogP contribution in [-0.4, -0.2) is 22.0 Å². The number of aromatic nitrogens is 1. The van der Waals surface area contributed by atoms with Gasteiger partial charge in [0, 0.05) is 29.1 Å². The number of fused-ring (bicyclic) bond motifs is 1. The molecule has 0 saturated heterocycles. The Morgan fingerprint density at radius 2 is 1.86 bits per heavy atom. The first-order valence-electron chi connectivity index (χ1n) is 7.12. The molecule has 1 heterocycles. The Morgan fingerprint density at radius 1 is 1.05 bits per heavy atom. The molecule has 0 amide bonds. The molecule has 0 spiro atoms. The lowest BCUT2D eigenvalue weighted by molar-refractivity contribution is 0.309. The quantitative estimate of drug-likeness (QED) is 0.783. The van der Waals surface area contributed by atoms with Crippen molar-refractivity contribution < 1.29 is 5.11 Å². The second kappa shape index (κ2) is 6.34. The van der Waals surface area contributed by atoms with E-state index in [2.05, 4.69) is 22.0 Å². The van der Waals surface area contributed by atoms with Gasteiger partial charge in [-0.15, -0.1) is 0 Å². The number of benzene rings is 2. The van der Waals surface area contributed by atoms with Crippen LogP contribution in [0.3, 0.4) is 0 Å². The zero-order valence-corrected chi connectivity index (χ0v) is 13.1. The zero-order valence-electron chi connectivity index (χ0n) is 12.3. The Hall–Kier alpha value is -2.10. The maximum absolute atomic E-state index is 9.89. The van der Waals surface area contributed by atoms with Crippen molar-refractivity contribution >= 4 is 22.5 Å². The molecule has 22 heavy (non-hydrogen) atoms. The average molecular weight is 313 g/mol. The first-order chi connectivity index (χ1) is 10.6. The van der Waals surface area contributed by atoms with E-state index in [9.17, 15) is 5.11 Å². The first kappa shape index (κ1) is 14.8. The van der Waals surface area contributed by atoms with Crippen molar-refractivity contribution in [2.24, 2.45) is 0 Å². The average Bonchev–Trinajstić information content (AvgIpc) is 2.51. The van der Waals surface area contributed by atoms with Crippen molar-refractivity contribution in [1.29, 1.82) is 0 Å². The molecule has 3 nitrogen and oxygen atoms in total. The SMILES string of the molecule is CN(Cc1ccc2ccccc2n1)Cc1cc(Cl)ccc1O. The molecule has 3 aromatic rings. The van der Waals surface area contributed by atoms with E-state index in [0.29, 0.717) is 18.1 Å². The Kier molecular flexibility index (Phi) is 4.27. The summed E-state index contributed by atoms with van der Waals surface area (Å²) in [5.41, 5.74) is 2.82. The number of phenols is 1. The van der Waals surface area contributed by atoms with Crippen LogP contribution in [0.4, 0.5) is 0 Å². The highest BCUT2D eigenvalue weighted by molar-refractivity contribution is 6.30. The molecule has 0 aliphatic rings. The van der Waals surface area contributed by atoms with Gasteiger partial charge < -0.3 is 5.11 Å². The van der Waals surface area contributed by atoms with Crippen molar-refractivity contribution in [1.82, 2.24) is 9.88 Å². The number of hydrogen-bond acceptors (Lipinski definition) is 3. The predicted octanol–water partition coefficient (Wildman–Crippen LogP) is 4.23. The third-order valence-electron chi connectivity index (χ3n) is 3.57. The number of rotatable bonds is 4. The Labute approximate surface area is 134 Å². The summed E-state index contributed by atoms with van der Waals surface area (Å²) in [7, 11) is 2.00. The van der Waals surface area contributed by atoms with Gasteiger partial charge in [-0.1, -0.05) is 35.9 Å². The Bertz CT molecular complexity index is 804. The highest BCUT2D eigenvalue weighted by Gasteiger charge is 2.08. The van der Waals surface area contributed by atoms with E-state index < -0.39 is 0 Å². The van der Waals surface area contributed by atoms with Crippen LogP contribution in [0.1, 0.15) is 11.3 Å². The number of pyridine rings is 1. The molecule has 2 aromatic carbocycles. The number of para-hydroxylation sites is 1. The lowest BCUT2D eigenvalue weighted by atomic mass is 10.1. The van der Waals surface area contributed by atoms with Gasteiger partial charge in [0.25, 0.3) is 0 Å². The van der Waals surface area contributed by atoms with E-state index in [1.807, 2.05) is 31.3 Å². The van der Waals surface area contributed by atoms with Gasteiger partial charge in [-0.2, -0.15) is 0 Å². The van der Waals surface area contributed by atoms with Gasteiger partial charge in [0.15, 0.2) is 0 Å². The molecule has 0 saturated carbocycles. The maximum atomic E-state index is 9.89. The molecule has 0 atom stereocenters. The summed E-state index contributed by atoms with van der Waals surface area (Å²) in [5.74, 6) is 0.266. The van der Waals surface area contributed by atoms with E-state index in [0.717, 1.165) is 22.2 Å². The number of hydrogen-bond donors (Lipinski definition) is 1. The Balaban J connectivity index is 1.75. The molecular formula is C18H17ClN2O. The van der Waals surface area contributed by atoms with Crippen molar-refractivity contribution in [2.75, 3.05) is 7.05 Å². The minimum absolute atomic E-state index is 0.266. The summed E-state index contributed by atoms with van der Waals surface area (Å²) < 4.78 is 0. The minimum atomic E-state index is 0.266. The van der Waals surface area contributed by atoms with Gasteiger partial charge >= 0.3 is 0 Å². The predicted molar refractivity (Wildman–Crippen MR) is 90.0 cm³/mol. The van der Waals surface area contributed by atoms with Crippen molar-refractivity contribution in [2.45, 2.75) is 13.1 Å². The smallest absolute Gasteiger partial charge is 0.120 e. The summed E-state index contributed by atoms with van der Waals surface area (Å²) in [5, 5.41) is 11.7. The topological polar surface area (TPSA) is 36.4 Å². The zero-order chi connectivity index (χ0) is 15.5. The molecule has 4 heteroatoms. The van der Waals surface area contributed by atoms with Gasteiger partial charge in [-0.05, 0) is 37.4 Å². The van der Waals surface area contributed by atoms with Crippen LogP contribution in [0.25, 0.3) is 10.9 Å². The number of halogens is 1. The third-order valence-corrected chi connectivity index (χ3v) is 3.80. The van der Waals surface area contributed by atoms with E-state index in [-0.39, 0.29) is 5.75 Å². The van der Waals surface area contributed by atoms with Crippen LogP contribution in [0.5, 0.6) is 5.75 Å². The van der Waals surface area contributed by atoms with Crippen LogP contribution in [-0.2, 0) is 13.1 Å². The second-order valence-electron chi connectivity index (χ2n) is 5.44. The molecule has 0 fully saturated rings. The molecule has 1 N–H and O–H groups in total. The molecule has 3 rings (SSSR count). The van der Waals surface area contributed by atoms with Crippen LogP contribution in [0, 0.1) is 0 Å². The van der Waals surface area contributed by atoms with Gasteiger partial charge in [0.05, 0.1) is 11.2 Å². The van der Waals surface area contributed by atoms with Gasteiger partial charge in [-0.3, -0.25) is 9.88 Å². The van der Waals surface area contributed by atoms with E-state index in [1.54, 1.807) is 18.2 Å². The standard InChI is InChI=1S/C18H17ClN2O/c1-21(11-14-10-15(19)7-9-18(14)22)12-16-8-6-13-4-2-3-5-17(13)20-16/h2-10,22H,11-12H2,1H3. The summed E-state index contributed by atoms with van der Waals surface area (Å²) >= 11 is 5.98. The summed E-state index contributed by atoms with van der Waals surface area (Å²) in [6, 6.07) is 17.3. The lowest BCUT2D eigenvalue weighted by Gasteiger charge is -2.17. The van der Waals surface area contributed by atoms with Crippen molar-refractivity contribution in [3.05, 3.63) is 70.9 Å². The second-order valence-corrected chi connectivity index (χ2v) is 5.88. The fraction of sp³-hybridized carbons (Fsp3) is 0.167. The summed E-state index contributed by atoms with van der Waals surface area (Å²) in [4.78, 5) is 6.77. The van der Waals surface area contributed by atoms with Crippen LogP contribution >= 0.6 is 11.6 Å². The number of aromatic hydroxyl groups is 1. The van der Waals surface area contributed by atoms with Crippen LogP contribution in [0.15, 0.2) is 54.6 Å². The van der Waals surface area contributed by atoms with Gasteiger partial charge in [0.2, 0.25) is 0 Å². The van der Waals surface area contributed by atoms with E-state index in [1.165, 1.54) is 0 Å². The fourth-order valence-corrected chi connectivity index (χ4v) is 2.69. The minimum Gasteiger partial charge on any atom is -0.508 e. The van der Waals surface area contributed by atoms with Crippen LogP contribution in [0.2, 0.25) is 5.02 Å². The highest BCUT2D eigenvalue weighted by Crippen LogP contribution is 2.23. The maximum Gasteiger partial charge on any atom is 0.120 e. The summed E-state index contributed by atoms with van der Waals surface area (Å²) in [6.45, 7) is 1.32. The van der Waals surface area contributed by atoms with Crippen LogP contribution < -0.4 is 0 Å². The molecule has 112 valence electrons. The van der Waals surface area contributed by atoms with Gasteiger partial charge in [0.1, 0.15) is 5.75 Å². The molecule has 0 unspecified atom stereocenters. The molecular weight excluding hydrogens is 296 g/mol. The fourth-order valence-electron chi connectivity index (χ4n) is 2.50. The molecule has 0 aliphatic carbocycles. The third kappa shape index (κ3) is 3.38. The largest absolute Gasteiger partial charge is 0.508 e.